The zero-order chi connectivity index (χ0) is 9.54. The molecule has 0 fully saturated rings. The second kappa shape index (κ2) is 2.95. The number of hydrogen-bond donors (Lipinski definition) is 0. The van der Waals surface area contributed by atoms with Crippen LogP contribution >= 0.6 is 11.3 Å². The van der Waals surface area contributed by atoms with Gasteiger partial charge in [0.05, 0.1) is 11.9 Å². The third-order valence-corrected chi connectivity index (χ3v) is 3.78. The first-order chi connectivity index (χ1) is 6.86. The van der Waals surface area contributed by atoms with Gasteiger partial charge in [-0.3, -0.25) is 4.68 Å². The van der Waals surface area contributed by atoms with E-state index in [9.17, 15) is 0 Å². The molecule has 14 heavy (non-hydrogen) atoms. The van der Waals surface area contributed by atoms with Crippen molar-refractivity contribution >= 4 is 11.3 Å². The molecule has 1 aliphatic rings. The van der Waals surface area contributed by atoms with E-state index in [1.54, 1.807) is 0 Å². The predicted molar refractivity (Wildman–Crippen MR) is 58.6 cm³/mol. The SMILES string of the molecule is Cc1cnn2c1-c1ccsc1CCC2. The van der Waals surface area contributed by atoms with E-state index in [1.807, 2.05) is 17.5 Å². The van der Waals surface area contributed by atoms with Gasteiger partial charge in [0.1, 0.15) is 0 Å². The molecule has 2 aromatic rings. The first-order valence-corrected chi connectivity index (χ1v) is 5.83. The van der Waals surface area contributed by atoms with Crippen molar-refractivity contribution in [1.82, 2.24) is 9.78 Å². The zero-order valence-electron chi connectivity index (χ0n) is 8.16. The van der Waals surface area contributed by atoms with Gasteiger partial charge in [-0.25, -0.2) is 0 Å². The van der Waals surface area contributed by atoms with Crippen molar-refractivity contribution in [2.24, 2.45) is 0 Å². The first kappa shape index (κ1) is 8.24. The van der Waals surface area contributed by atoms with Crippen LogP contribution in [0.25, 0.3) is 11.3 Å². The van der Waals surface area contributed by atoms with Crippen LogP contribution in [0.1, 0.15) is 16.9 Å². The lowest BCUT2D eigenvalue weighted by atomic mass is 10.1. The average Bonchev–Trinajstić information content (AvgIpc) is 2.71. The van der Waals surface area contributed by atoms with Crippen LogP contribution in [0.5, 0.6) is 0 Å². The lowest BCUT2D eigenvalue weighted by Gasteiger charge is -2.02. The maximum absolute atomic E-state index is 4.42. The van der Waals surface area contributed by atoms with E-state index in [-0.39, 0.29) is 0 Å². The van der Waals surface area contributed by atoms with Crippen LogP contribution in [-0.2, 0) is 13.0 Å². The van der Waals surface area contributed by atoms with Crippen molar-refractivity contribution in [3.05, 3.63) is 28.1 Å². The summed E-state index contributed by atoms with van der Waals surface area (Å²) in [6.07, 6.45) is 4.39. The Bertz CT molecular complexity index is 467. The van der Waals surface area contributed by atoms with Gasteiger partial charge >= 0.3 is 0 Å². The van der Waals surface area contributed by atoms with Crippen LogP contribution in [-0.4, -0.2) is 9.78 Å². The molecule has 72 valence electrons. The zero-order valence-corrected chi connectivity index (χ0v) is 8.97. The minimum absolute atomic E-state index is 1.06. The van der Waals surface area contributed by atoms with Crippen molar-refractivity contribution in [1.29, 1.82) is 0 Å². The first-order valence-electron chi connectivity index (χ1n) is 4.95. The van der Waals surface area contributed by atoms with E-state index in [0.717, 1.165) is 6.54 Å². The molecule has 0 radical (unpaired) electrons. The molecular weight excluding hydrogens is 192 g/mol. The summed E-state index contributed by atoms with van der Waals surface area (Å²) in [5.41, 5.74) is 4.04. The van der Waals surface area contributed by atoms with Crippen LogP contribution in [0.3, 0.4) is 0 Å². The highest BCUT2D eigenvalue weighted by atomic mass is 32.1. The molecule has 0 bridgehead atoms. The number of aryl methyl sites for hydroxylation is 3. The molecular formula is C11H12N2S. The highest BCUT2D eigenvalue weighted by Crippen LogP contribution is 2.33. The molecule has 3 rings (SSSR count). The van der Waals surface area contributed by atoms with Crippen molar-refractivity contribution in [3.8, 4) is 11.3 Å². The highest BCUT2D eigenvalue weighted by Gasteiger charge is 2.17. The smallest absolute Gasteiger partial charge is 0.0722 e. The summed E-state index contributed by atoms with van der Waals surface area (Å²) in [4.78, 5) is 1.52. The molecule has 3 heteroatoms. The van der Waals surface area contributed by atoms with E-state index in [0.29, 0.717) is 0 Å². The number of fused-ring (bicyclic) bond motifs is 3. The van der Waals surface area contributed by atoms with Crippen LogP contribution in [0.2, 0.25) is 0 Å². The van der Waals surface area contributed by atoms with Crippen LogP contribution in [0, 0.1) is 6.92 Å². The van der Waals surface area contributed by atoms with E-state index >= 15 is 0 Å². The average molecular weight is 204 g/mol. The maximum atomic E-state index is 4.42. The summed E-state index contributed by atoms with van der Waals surface area (Å²) in [7, 11) is 0. The molecule has 3 heterocycles. The lowest BCUT2D eigenvalue weighted by Crippen LogP contribution is -1.99. The lowest BCUT2D eigenvalue weighted by molar-refractivity contribution is 0.595. The van der Waals surface area contributed by atoms with Gasteiger partial charge in [-0.05, 0) is 36.8 Å². The summed E-state index contributed by atoms with van der Waals surface area (Å²) in [6.45, 7) is 3.20. The largest absolute Gasteiger partial charge is 0.265 e. The number of aromatic nitrogens is 2. The second-order valence-electron chi connectivity index (χ2n) is 3.76. The Hall–Kier alpha value is -1.09. The predicted octanol–water partition coefficient (Wildman–Crippen LogP) is 2.87. The molecule has 0 aromatic carbocycles. The van der Waals surface area contributed by atoms with Crippen LogP contribution < -0.4 is 0 Å². The Kier molecular flexibility index (Phi) is 1.74. The molecule has 0 unspecified atom stereocenters. The molecule has 0 atom stereocenters. The molecule has 0 amide bonds. The minimum atomic E-state index is 1.06. The maximum Gasteiger partial charge on any atom is 0.0722 e. The molecule has 0 spiro atoms. The Morgan fingerprint density at radius 1 is 1.50 bits per heavy atom. The normalized spacial score (nSPS) is 14.6. The third-order valence-electron chi connectivity index (χ3n) is 2.80. The van der Waals surface area contributed by atoms with Gasteiger partial charge in [0, 0.05) is 17.0 Å². The van der Waals surface area contributed by atoms with E-state index in [2.05, 4.69) is 28.2 Å². The number of thiophene rings is 1. The van der Waals surface area contributed by atoms with Crippen molar-refractivity contribution < 1.29 is 0 Å². The van der Waals surface area contributed by atoms with Gasteiger partial charge in [-0.1, -0.05) is 0 Å². The molecule has 1 aliphatic heterocycles. The monoisotopic (exact) mass is 204 g/mol. The molecule has 0 N–H and O–H groups in total. The summed E-state index contributed by atoms with van der Waals surface area (Å²) in [6, 6.07) is 2.23. The molecule has 0 saturated carbocycles. The highest BCUT2D eigenvalue weighted by molar-refractivity contribution is 7.10. The van der Waals surface area contributed by atoms with Gasteiger partial charge in [0.25, 0.3) is 0 Å². The van der Waals surface area contributed by atoms with Gasteiger partial charge in [0.2, 0.25) is 0 Å². The summed E-state index contributed by atoms with van der Waals surface area (Å²) < 4.78 is 2.15. The summed E-state index contributed by atoms with van der Waals surface area (Å²) >= 11 is 1.87. The van der Waals surface area contributed by atoms with E-state index < -0.39 is 0 Å². The molecule has 0 saturated heterocycles. The van der Waals surface area contributed by atoms with Crippen molar-refractivity contribution in [2.75, 3.05) is 0 Å². The van der Waals surface area contributed by atoms with Gasteiger partial charge in [-0.2, -0.15) is 5.10 Å². The fourth-order valence-corrected chi connectivity index (χ4v) is 3.06. The van der Waals surface area contributed by atoms with Crippen molar-refractivity contribution in [2.45, 2.75) is 26.3 Å². The summed E-state index contributed by atoms with van der Waals surface area (Å²) in [5, 5.41) is 6.60. The fourth-order valence-electron chi connectivity index (χ4n) is 2.13. The number of rotatable bonds is 0. The van der Waals surface area contributed by atoms with Crippen LogP contribution in [0.15, 0.2) is 17.6 Å². The van der Waals surface area contributed by atoms with E-state index in [4.69, 9.17) is 0 Å². The van der Waals surface area contributed by atoms with E-state index in [1.165, 1.54) is 34.5 Å². The molecule has 2 aromatic heterocycles. The standard InChI is InChI=1S/C11H12N2S/c1-8-7-12-13-5-2-3-10-9(11(8)13)4-6-14-10/h4,6-7H,2-3,5H2,1H3. The van der Waals surface area contributed by atoms with Crippen molar-refractivity contribution in [3.63, 3.8) is 0 Å². The van der Waals surface area contributed by atoms with Gasteiger partial charge in [-0.15, -0.1) is 11.3 Å². The topological polar surface area (TPSA) is 17.8 Å². The Morgan fingerprint density at radius 3 is 3.36 bits per heavy atom. The third kappa shape index (κ3) is 1.05. The Balaban J connectivity index is 2.30. The minimum Gasteiger partial charge on any atom is -0.265 e. The number of nitrogens with zero attached hydrogens (tertiary/aromatic N) is 2. The molecule has 2 nitrogen and oxygen atoms in total. The fraction of sp³-hybridized carbons (Fsp3) is 0.364. The summed E-state index contributed by atoms with van der Waals surface area (Å²) in [5.74, 6) is 0. The Labute approximate surface area is 87.2 Å². The van der Waals surface area contributed by atoms with Gasteiger partial charge < -0.3 is 0 Å². The quantitative estimate of drug-likeness (QED) is 0.645. The van der Waals surface area contributed by atoms with Gasteiger partial charge in [0.15, 0.2) is 0 Å². The molecule has 0 aliphatic carbocycles. The Morgan fingerprint density at radius 2 is 2.43 bits per heavy atom. The second-order valence-corrected chi connectivity index (χ2v) is 4.76. The van der Waals surface area contributed by atoms with Crippen LogP contribution in [0.4, 0.5) is 0 Å². The number of hydrogen-bond acceptors (Lipinski definition) is 2.